The van der Waals surface area contributed by atoms with Gasteiger partial charge in [0.15, 0.2) is 0 Å². The van der Waals surface area contributed by atoms with Crippen molar-refractivity contribution in [2.75, 3.05) is 45.9 Å². The molecule has 4 aliphatic rings. The first-order valence-corrected chi connectivity index (χ1v) is 9.61. The van der Waals surface area contributed by atoms with Crippen LogP contribution < -0.4 is 5.32 Å². The van der Waals surface area contributed by atoms with Crippen molar-refractivity contribution in [3.05, 3.63) is 0 Å². The van der Waals surface area contributed by atoms with Gasteiger partial charge in [-0.1, -0.05) is 0 Å². The minimum Gasteiger partial charge on any atom is -0.372 e. The van der Waals surface area contributed by atoms with Crippen LogP contribution in [0.5, 0.6) is 0 Å². The van der Waals surface area contributed by atoms with E-state index in [4.69, 9.17) is 4.74 Å². The highest BCUT2D eigenvalue weighted by Gasteiger charge is 2.39. The maximum atomic E-state index is 12.3. The number of nitrogens with zero attached hydrogens (tertiary/aromatic N) is 2. The number of carbonyl (C=O) groups is 1. The number of ether oxygens (including phenoxy) is 1. The van der Waals surface area contributed by atoms with Crippen molar-refractivity contribution >= 4 is 5.91 Å². The summed E-state index contributed by atoms with van der Waals surface area (Å²) in [7, 11) is 0. The summed E-state index contributed by atoms with van der Waals surface area (Å²) in [5.74, 6) is 1.20. The molecule has 3 aliphatic heterocycles. The first kappa shape index (κ1) is 15.9. The Morgan fingerprint density at radius 1 is 1.13 bits per heavy atom. The number of hydrogen-bond donors (Lipinski definition) is 1. The van der Waals surface area contributed by atoms with Crippen molar-refractivity contribution in [2.45, 2.75) is 56.6 Å². The predicted molar refractivity (Wildman–Crippen MR) is 89.3 cm³/mol. The normalized spacial score (nSPS) is 33.0. The molecule has 3 saturated heterocycles. The van der Waals surface area contributed by atoms with Gasteiger partial charge in [-0.3, -0.25) is 4.79 Å². The average Bonchev–Trinajstić information content (AvgIpc) is 3.40. The van der Waals surface area contributed by atoms with Crippen molar-refractivity contribution in [3.8, 4) is 0 Å². The number of rotatable bonds is 3. The van der Waals surface area contributed by atoms with Gasteiger partial charge in [-0.25, -0.2) is 0 Å². The Hall–Kier alpha value is -0.650. The lowest BCUT2D eigenvalue weighted by Gasteiger charge is -2.46. The molecule has 3 heterocycles. The van der Waals surface area contributed by atoms with Gasteiger partial charge < -0.3 is 19.9 Å². The van der Waals surface area contributed by atoms with E-state index >= 15 is 0 Å². The Bertz CT molecular complexity index is 422. The average molecular weight is 321 g/mol. The molecular formula is C18H31N3O2. The van der Waals surface area contributed by atoms with E-state index in [2.05, 4.69) is 15.1 Å². The second kappa shape index (κ2) is 6.69. The molecular weight excluding hydrogens is 290 g/mol. The third-order valence-corrected chi connectivity index (χ3v) is 6.31. The highest BCUT2D eigenvalue weighted by molar-refractivity contribution is 5.76. The molecule has 23 heavy (non-hydrogen) atoms. The van der Waals surface area contributed by atoms with Gasteiger partial charge in [0.1, 0.15) is 0 Å². The molecule has 0 aromatic rings. The number of nitrogens with one attached hydrogen (secondary N) is 1. The van der Waals surface area contributed by atoms with Crippen LogP contribution in [-0.4, -0.2) is 73.2 Å². The van der Waals surface area contributed by atoms with Crippen LogP contribution in [0, 0.1) is 5.92 Å². The highest BCUT2D eigenvalue weighted by atomic mass is 16.5. The molecule has 1 atom stereocenters. The third kappa shape index (κ3) is 3.72. The number of piperidine rings is 1. The summed E-state index contributed by atoms with van der Waals surface area (Å²) in [6.45, 7) is 7.11. The Balaban J connectivity index is 1.29. The molecule has 1 amide bonds. The van der Waals surface area contributed by atoms with Gasteiger partial charge in [0, 0.05) is 51.7 Å². The Labute approximate surface area is 139 Å². The van der Waals surface area contributed by atoms with Crippen LogP contribution in [0.1, 0.15) is 44.9 Å². The van der Waals surface area contributed by atoms with E-state index in [0.717, 1.165) is 83.9 Å². The molecule has 1 N–H and O–H groups in total. The number of carbonyl (C=O) groups excluding carboxylic acids is 1. The summed E-state index contributed by atoms with van der Waals surface area (Å²) in [5, 5.41) is 3.49. The lowest BCUT2D eigenvalue weighted by molar-refractivity contribution is -0.131. The first-order chi connectivity index (χ1) is 11.2. The molecule has 1 saturated carbocycles. The summed E-state index contributed by atoms with van der Waals surface area (Å²) in [5.41, 5.74) is 0.0906. The molecule has 5 nitrogen and oxygen atoms in total. The Kier molecular flexibility index (Phi) is 4.61. The summed E-state index contributed by atoms with van der Waals surface area (Å²) < 4.78 is 6.10. The van der Waals surface area contributed by atoms with E-state index in [1.165, 1.54) is 12.8 Å². The van der Waals surface area contributed by atoms with Crippen molar-refractivity contribution in [2.24, 2.45) is 5.92 Å². The molecule has 5 heteroatoms. The second-order valence-electron chi connectivity index (χ2n) is 8.01. The van der Waals surface area contributed by atoms with Crippen LogP contribution in [-0.2, 0) is 9.53 Å². The zero-order valence-corrected chi connectivity index (χ0v) is 14.3. The van der Waals surface area contributed by atoms with E-state index in [1.54, 1.807) is 0 Å². The predicted octanol–water partition coefficient (Wildman–Crippen LogP) is 1.23. The summed E-state index contributed by atoms with van der Waals surface area (Å²) in [6.07, 6.45) is 7.88. The van der Waals surface area contributed by atoms with Crippen LogP contribution in [0.25, 0.3) is 0 Å². The van der Waals surface area contributed by atoms with E-state index in [-0.39, 0.29) is 5.60 Å². The van der Waals surface area contributed by atoms with E-state index in [0.29, 0.717) is 11.9 Å². The van der Waals surface area contributed by atoms with Crippen LogP contribution in [0.4, 0.5) is 0 Å². The lowest BCUT2D eigenvalue weighted by atomic mass is 9.88. The van der Waals surface area contributed by atoms with Gasteiger partial charge in [0.2, 0.25) is 5.91 Å². The monoisotopic (exact) mass is 321 g/mol. The van der Waals surface area contributed by atoms with Crippen molar-refractivity contribution in [1.29, 1.82) is 0 Å². The van der Waals surface area contributed by atoms with Crippen molar-refractivity contribution < 1.29 is 9.53 Å². The standard InChI is InChI=1S/C18H31N3O2/c22-17-4-3-16(5-9-21(17)13-15-1-2-15)20-10-6-18(7-11-20)14-19-8-12-23-18/h15-16,19H,1-14H2. The number of morpholine rings is 1. The van der Waals surface area contributed by atoms with Crippen LogP contribution in [0.3, 0.4) is 0 Å². The zero-order valence-electron chi connectivity index (χ0n) is 14.3. The van der Waals surface area contributed by atoms with Gasteiger partial charge in [-0.05, 0) is 44.4 Å². The molecule has 130 valence electrons. The molecule has 0 bridgehead atoms. The topological polar surface area (TPSA) is 44.8 Å². The van der Waals surface area contributed by atoms with Crippen molar-refractivity contribution in [3.63, 3.8) is 0 Å². The first-order valence-electron chi connectivity index (χ1n) is 9.61. The number of amides is 1. The third-order valence-electron chi connectivity index (χ3n) is 6.31. The van der Waals surface area contributed by atoms with E-state index in [1.807, 2.05) is 0 Å². The summed E-state index contributed by atoms with van der Waals surface area (Å²) in [6, 6.07) is 0.594. The van der Waals surface area contributed by atoms with Crippen LogP contribution in [0.2, 0.25) is 0 Å². The highest BCUT2D eigenvalue weighted by Crippen LogP contribution is 2.32. The van der Waals surface area contributed by atoms with Gasteiger partial charge in [-0.15, -0.1) is 0 Å². The molecule has 0 aromatic carbocycles. The van der Waals surface area contributed by atoms with E-state index < -0.39 is 0 Å². The molecule has 1 aliphatic carbocycles. The smallest absolute Gasteiger partial charge is 0.222 e. The largest absolute Gasteiger partial charge is 0.372 e. The SMILES string of the molecule is O=C1CCC(N2CCC3(CC2)CNCCO3)CCN1CC1CC1. The number of likely N-dealkylation sites (tertiary alicyclic amines) is 2. The quantitative estimate of drug-likeness (QED) is 0.849. The fraction of sp³-hybridized carbons (Fsp3) is 0.944. The number of hydrogen-bond acceptors (Lipinski definition) is 4. The van der Waals surface area contributed by atoms with E-state index in [9.17, 15) is 4.79 Å². The maximum Gasteiger partial charge on any atom is 0.222 e. The molecule has 1 unspecified atom stereocenters. The van der Waals surface area contributed by atoms with Gasteiger partial charge in [0.25, 0.3) is 0 Å². The molecule has 0 aromatic heterocycles. The minimum absolute atomic E-state index is 0.0906. The molecule has 4 rings (SSSR count). The van der Waals surface area contributed by atoms with Crippen LogP contribution in [0.15, 0.2) is 0 Å². The lowest BCUT2D eigenvalue weighted by Crippen LogP contribution is -2.57. The summed E-state index contributed by atoms with van der Waals surface area (Å²) in [4.78, 5) is 17.1. The zero-order chi connectivity index (χ0) is 15.7. The van der Waals surface area contributed by atoms with Gasteiger partial charge in [-0.2, -0.15) is 0 Å². The van der Waals surface area contributed by atoms with Gasteiger partial charge >= 0.3 is 0 Å². The van der Waals surface area contributed by atoms with Crippen LogP contribution >= 0.6 is 0 Å². The molecule has 0 radical (unpaired) electrons. The van der Waals surface area contributed by atoms with Crippen molar-refractivity contribution in [1.82, 2.24) is 15.1 Å². The fourth-order valence-electron chi connectivity index (χ4n) is 4.52. The Morgan fingerprint density at radius 3 is 2.65 bits per heavy atom. The summed E-state index contributed by atoms with van der Waals surface area (Å²) >= 11 is 0. The molecule has 4 fully saturated rings. The second-order valence-corrected chi connectivity index (χ2v) is 8.01. The maximum absolute atomic E-state index is 12.3. The molecule has 1 spiro atoms. The minimum atomic E-state index is 0.0906. The van der Waals surface area contributed by atoms with Gasteiger partial charge in [0.05, 0.1) is 12.2 Å². The fourth-order valence-corrected chi connectivity index (χ4v) is 4.52. The Morgan fingerprint density at radius 2 is 1.96 bits per heavy atom.